The van der Waals surface area contributed by atoms with Crippen molar-refractivity contribution in [2.75, 3.05) is 18.1 Å². The number of carbonyl (C=O) groups is 3. The van der Waals surface area contributed by atoms with Gasteiger partial charge in [0.15, 0.2) is 5.13 Å². The van der Waals surface area contributed by atoms with Crippen LogP contribution in [0.2, 0.25) is 0 Å². The molecule has 1 aromatic heterocycles. The second-order valence-electron chi connectivity index (χ2n) is 8.40. The maximum atomic E-state index is 15.1. The predicted molar refractivity (Wildman–Crippen MR) is 141 cm³/mol. The number of amides is 1. The molecule has 8 nitrogen and oxygen atoms in total. The van der Waals surface area contributed by atoms with Crippen LogP contribution in [-0.2, 0) is 14.3 Å². The average Bonchev–Trinajstić information content (AvgIpc) is 3.40. The zero-order valence-electron chi connectivity index (χ0n) is 21.0. The first-order chi connectivity index (χ1) is 18.2. The molecule has 0 aliphatic carbocycles. The fourth-order valence-corrected chi connectivity index (χ4v) is 5.14. The number of Topliss-reactive ketones (excluding diaryl/α,β-unsaturated/α-hetero) is 1. The van der Waals surface area contributed by atoms with Crippen LogP contribution in [0.5, 0.6) is 5.75 Å². The molecule has 1 saturated heterocycles. The molecule has 1 fully saturated rings. The van der Waals surface area contributed by atoms with Gasteiger partial charge in [0.25, 0.3) is 5.78 Å². The van der Waals surface area contributed by atoms with Crippen molar-refractivity contribution in [2.24, 2.45) is 0 Å². The van der Waals surface area contributed by atoms with Crippen LogP contribution in [0.15, 0.2) is 60.7 Å². The van der Waals surface area contributed by atoms with Gasteiger partial charge in [-0.3, -0.25) is 14.5 Å². The third-order valence-electron chi connectivity index (χ3n) is 5.90. The van der Waals surface area contributed by atoms with Gasteiger partial charge in [-0.2, -0.15) is 0 Å². The first-order valence-corrected chi connectivity index (χ1v) is 12.6. The number of ether oxygens (including phenoxy) is 2. The minimum atomic E-state index is -1.33. The topological polar surface area (TPSA) is 106 Å². The smallest absolute Gasteiger partial charge is 0.350 e. The second-order valence-corrected chi connectivity index (χ2v) is 9.38. The Morgan fingerprint density at radius 3 is 2.63 bits per heavy atom. The summed E-state index contributed by atoms with van der Waals surface area (Å²) in [6, 6.07) is 9.10. The normalized spacial score (nSPS) is 16.5. The van der Waals surface area contributed by atoms with Gasteiger partial charge >= 0.3 is 11.9 Å². The van der Waals surface area contributed by atoms with Crippen molar-refractivity contribution in [3.63, 3.8) is 0 Å². The first kappa shape index (κ1) is 26.7. The Labute approximate surface area is 222 Å². The lowest BCUT2D eigenvalue weighted by molar-refractivity contribution is -0.132. The highest BCUT2D eigenvalue weighted by Gasteiger charge is 2.49. The molecule has 1 aliphatic heterocycles. The van der Waals surface area contributed by atoms with Crippen molar-refractivity contribution in [1.82, 2.24) is 4.98 Å². The third-order valence-corrected chi connectivity index (χ3v) is 7.04. The van der Waals surface area contributed by atoms with Crippen LogP contribution in [0.3, 0.4) is 0 Å². The van der Waals surface area contributed by atoms with Crippen LogP contribution in [0.1, 0.15) is 45.0 Å². The van der Waals surface area contributed by atoms with Crippen molar-refractivity contribution in [3.05, 3.63) is 93.8 Å². The van der Waals surface area contributed by atoms with E-state index in [1.165, 1.54) is 18.2 Å². The van der Waals surface area contributed by atoms with Crippen molar-refractivity contribution in [2.45, 2.75) is 26.8 Å². The van der Waals surface area contributed by atoms with Crippen LogP contribution in [0.25, 0.3) is 5.76 Å². The largest absolute Gasteiger partial charge is 0.507 e. The molecular formula is C28H25FN2O6S. The molecule has 10 heteroatoms. The number of aliphatic hydroxyl groups is 1. The van der Waals surface area contributed by atoms with Gasteiger partial charge in [0, 0.05) is 11.1 Å². The summed E-state index contributed by atoms with van der Waals surface area (Å²) in [6.45, 7) is 9.03. The Balaban J connectivity index is 1.89. The zero-order chi connectivity index (χ0) is 27.6. The lowest BCUT2D eigenvalue weighted by atomic mass is 9.94. The number of aryl methyl sites for hydroxylation is 2. The number of esters is 1. The van der Waals surface area contributed by atoms with E-state index in [0.29, 0.717) is 17.0 Å². The van der Waals surface area contributed by atoms with Gasteiger partial charge < -0.3 is 14.6 Å². The number of aliphatic hydroxyl groups excluding tert-OH is 1. The number of thiazole rings is 1. The monoisotopic (exact) mass is 536 g/mol. The van der Waals surface area contributed by atoms with Gasteiger partial charge in [-0.15, -0.1) is 0 Å². The minimum absolute atomic E-state index is 0.00399. The number of nitrogens with zero attached hydrogens (tertiary/aromatic N) is 2. The predicted octanol–water partition coefficient (Wildman–Crippen LogP) is 5.27. The van der Waals surface area contributed by atoms with Crippen LogP contribution in [-0.4, -0.2) is 41.0 Å². The highest BCUT2D eigenvalue weighted by Crippen LogP contribution is 2.44. The molecule has 4 rings (SSSR count). The van der Waals surface area contributed by atoms with Crippen LogP contribution in [0.4, 0.5) is 9.52 Å². The van der Waals surface area contributed by atoms with E-state index in [0.717, 1.165) is 16.2 Å². The Morgan fingerprint density at radius 2 is 1.97 bits per heavy atom. The molecule has 0 spiro atoms. The summed E-state index contributed by atoms with van der Waals surface area (Å²) in [5, 5.41) is 11.3. The van der Waals surface area contributed by atoms with Gasteiger partial charge in [0.05, 0.1) is 17.9 Å². The lowest BCUT2D eigenvalue weighted by Crippen LogP contribution is -2.29. The van der Waals surface area contributed by atoms with Crippen LogP contribution in [0, 0.1) is 19.7 Å². The number of carbonyl (C=O) groups excluding carboxylic acids is 3. The molecule has 1 N–H and O–H groups in total. The standard InChI is InChI=1S/C28H25FN2O6S/c1-5-13-37-20-12-11-17(14-15(20)3)23(32)21-22(18-9-7-8-10-19(18)29)31(26(34)24(21)33)28-30-16(4)25(38-28)27(35)36-6-2/h5,7-12,14,22,32H,1,6,13H2,2-4H3/b23-21+. The number of ketones is 1. The van der Waals surface area contributed by atoms with E-state index in [9.17, 15) is 19.5 Å². The summed E-state index contributed by atoms with van der Waals surface area (Å²) in [4.78, 5) is 44.5. The number of hydrogen-bond donors (Lipinski definition) is 1. The van der Waals surface area contributed by atoms with Gasteiger partial charge in [0.1, 0.15) is 34.9 Å². The lowest BCUT2D eigenvalue weighted by Gasteiger charge is -2.23. The first-order valence-electron chi connectivity index (χ1n) is 11.7. The molecule has 2 aromatic carbocycles. The van der Waals surface area contributed by atoms with Gasteiger partial charge in [-0.1, -0.05) is 42.2 Å². The van der Waals surface area contributed by atoms with E-state index in [1.807, 2.05) is 0 Å². The molecule has 38 heavy (non-hydrogen) atoms. The molecule has 1 atom stereocenters. The minimum Gasteiger partial charge on any atom is -0.507 e. The fourth-order valence-electron chi connectivity index (χ4n) is 4.16. The molecular weight excluding hydrogens is 511 g/mol. The van der Waals surface area contributed by atoms with E-state index in [-0.39, 0.29) is 39.9 Å². The number of hydrogen-bond acceptors (Lipinski definition) is 8. The number of rotatable bonds is 8. The highest BCUT2D eigenvalue weighted by atomic mass is 32.1. The van der Waals surface area contributed by atoms with E-state index in [2.05, 4.69) is 11.6 Å². The maximum Gasteiger partial charge on any atom is 0.350 e. The molecule has 2 heterocycles. The van der Waals surface area contributed by atoms with Crippen molar-refractivity contribution in [1.29, 1.82) is 0 Å². The molecule has 0 saturated carbocycles. The van der Waals surface area contributed by atoms with E-state index < -0.39 is 35.3 Å². The Bertz CT molecular complexity index is 1480. The summed E-state index contributed by atoms with van der Waals surface area (Å²) in [6.07, 6.45) is 1.59. The number of halogens is 1. The number of aromatic nitrogens is 1. The molecule has 1 amide bonds. The quantitative estimate of drug-likeness (QED) is 0.138. The number of anilines is 1. The molecule has 0 radical (unpaired) electrons. The molecule has 3 aromatic rings. The van der Waals surface area contributed by atoms with Gasteiger partial charge in [0.2, 0.25) is 0 Å². The Kier molecular flexibility index (Phi) is 7.72. The summed E-state index contributed by atoms with van der Waals surface area (Å²) < 4.78 is 25.7. The Hall–Kier alpha value is -4.31. The average molecular weight is 537 g/mol. The maximum absolute atomic E-state index is 15.1. The van der Waals surface area contributed by atoms with Gasteiger partial charge in [-0.05, 0) is 50.6 Å². The van der Waals surface area contributed by atoms with Crippen molar-refractivity contribution < 1.29 is 33.4 Å². The van der Waals surface area contributed by atoms with Crippen LogP contribution >= 0.6 is 11.3 Å². The highest BCUT2D eigenvalue weighted by molar-refractivity contribution is 7.17. The molecule has 196 valence electrons. The third kappa shape index (κ3) is 4.82. The summed E-state index contributed by atoms with van der Waals surface area (Å²) in [7, 11) is 0. The summed E-state index contributed by atoms with van der Waals surface area (Å²) >= 11 is 0.852. The van der Waals surface area contributed by atoms with Gasteiger partial charge in [-0.25, -0.2) is 14.2 Å². The van der Waals surface area contributed by atoms with Crippen molar-refractivity contribution >= 4 is 39.9 Å². The van der Waals surface area contributed by atoms with Crippen LogP contribution < -0.4 is 9.64 Å². The zero-order valence-corrected chi connectivity index (χ0v) is 21.8. The van der Waals surface area contributed by atoms with E-state index >= 15 is 4.39 Å². The summed E-state index contributed by atoms with van der Waals surface area (Å²) in [5.41, 5.74) is 0.895. The van der Waals surface area contributed by atoms with E-state index in [4.69, 9.17) is 9.47 Å². The van der Waals surface area contributed by atoms with Crippen molar-refractivity contribution in [3.8, 4) is 5.75 Å². The second kappa shape index (κ2) is 11.0. The molecule has 0 bridgehead atoms. The SMILES string of the molecule is C=CCOc1ccc(/C(O)=C2\C(=O)C(=O)N(c3nc(C)c(C(=O)OCC)s3)C2c2ccccc2F)cc1C. The molecule has 1 aliphatic rings. The fraction of sp³-hybridized carbons (Fsp3) is 0.214. The summed E-state index contributed by atoms with van der Waals surface area (Å²) in [5.74, 6) is -3.24. The number of benzene rings is 2. The van der Waals surface area contributed by atoms with E-state index in [1.54, 1.807) is 51.1 Å². The molecule has 1 unspecified atom stereocenters. The Morgan fingerprint density at radius 1 is 1.24 bits per heavy atom.